The number of benzene rings is 1. The van der Waals surface area contributed by atoms with Gasteiger partial charge in [0.05, 0.1) is 24.3 Å². The summed E-state index contributed by atoms with van der Waals surface area (Å²) in [5.74, 6) is 1.95. The molecule has 3 nitrogen and oxygen atoms in total. The van der Waals surface area contributed by atoms with Crippen LogP contribution >= 0.6 is 15.9 Å². The summed E-state index contributed by atoms with van der Waals surface area (Å²) in [5.41, 5.74) is 3.25. The van der Waals surface area contributed by atoms with Crippen molar-refractivity contribution in [3.63, 3.8) is 0 Å². The van der Waals surface area contributed by atoms with Gasteiger partial charge in [-0.1, -0.05) is 13.8 Å². The number of aliphatic hydroxyl groups is 1. The van der Waals surface area contributed by atoms with Gasteiger partial charge in [0.25, 0.3) is 0 Å². The van der Waals surface area contributed by atoms with E-state index in [4.69, 9.17) is 9.47 Å². The van der Waals surface area contributed by atoms with Crippen LogP contribution in [0, 0.1) is 0 Å². The summed E-state index contributed by atoms with van der Waals surface area (Å²) in [5, 5.41) is 9.81. The number of ether oxygens (including phenoxy) is 2. The van der Waals surface area contributed by atoms with Crippen LogP contribution in [0.2, 0.25) is 0 Å². The molecule has 4 heteroatoms. The third kappa shape index (κ3) is 2.13. The lowest BCUT2D eigenvalue weighted by Crippen LogP contribution is -2.29. The number of hydrogen-bond donors (Lipinski definition) is 1. The predicted octanol–water partition coefficient (Wildman–Crippen LogP) is 3.37. The minimum Gasteiger partial charge on any atom is -0.493 e. The normalized spacial score (nSPS) is 17.8. The van der Waals surface area contributed by atoms with E-state index in [-0.39, 0.29) is 12.0 Å². The highest BCUT2D eigenvalue weighted by Crippen LogP contribution is 2.49. The third-order valence-electron chi connectivity index (χ3n) is 4.25. The van der Waals surface area contributed by atoms with Crippen LogP contribution in [0.25, 0.3) is 0 Å². The molecule has 0 unspecified atom stereocenters. The summed E-state index contributed by atoms with van der Waals surface area (Å²) >= 11 is 3.71. The Morgan fingerprint density at radius 3 is 2.30 bits per heavy atom. The lowest BCUT2D eigenvalue weighted by molar-refractivity contribution is 0.204. The van der Waals surface area contributed by atoms with Crippen LogP contribution in [0.4, 0.5) is 0 Å². The fourth-order valence-corrected chi connectivity index (χ4v) is 3.92. The Labute approximate surface area is 128 Å². The zero-order chi connectivity index (χ0) is 14.3. The van der Waals surface area contributed by atoms with Crippen molar-refractivity contribution in [1.82, 2.24) is 0 Å². The molecule has 0 aromatic heterocycles. The van der Waals surface area contributed by atoms with Crippen molar-refractivity contribution >= 4 is 15.9 Å². The van der Waals surface area contributed by atoms with Gasteiger partial charge in [-0.2, -0.15) is 0 Å². The van der Waals surface area contributed by atoms with Crippen LogP contribution in [-0.4, -0.2) is 24.9 Å². The van der Waals surface area contributed by atoms with Crippen LogP contribution in [0.5, 0.6) is 11.5 Å². The van der Waals surface area contributed by atoms with Gasteiger partial charge >= 0.3 is 0 Å². The minimum absolute atomic E-state index is 0.108. The summed E-state index contributed by atoms with van der Waals surface area (Å²) < 4.78 is 13.0. The van der Waals surface area contributed by atoms with Crippen molar-refractivity contribution < 1.29 is 14.6 Å². The van der Waals surface area contributed by atoms with Crippen LogP contribution in [0.15, 0.2) is 4.47 Å². The van der Waals surface area contributed by atoms with Gasteiger partial charge < -0.3 is 14.6 Å². The Kier molecular flexibility index (Phi) is 3.71. The summed E-state index contributed by atoms with van der Waals surface area (Å²) in [6.45, 7) is 5.78. The first-order chi connectivity index (χ1) is 9.56. The molecule has 0 spiro atoms. The Hall–Kier alpha value is -0.740. The van der Waals surface area contributed by atoms with E-state index in [1.54, 1.807) is 0 Å². The molecule has 1 N–H and O–H groups in total. The molecule has 1 aromatic carbocycles. The fraction of sp³-hybridized carbons (Fsp3) is 0.625. The molecule has 2 aliphatic heterocycles. The maximum absolute atomic E-state index is 9.81. The van der Waals surface area contributed by atoms with Gasteiger partial charge in [0, 0.05) is 22.1 Å². The molecule has 0 amide bonds. The average molecular weight is 341 g/mol. The monoisotopic (exact) mass is 340 g/mol. The van der Waals surface area contributed by atoms with Crippen molar-refractivity contribution in [2.45, 2.75) is 44.9 Å². The van der Waals surface area contributed by atoms with Crippen molar-refractivity contribution in [2.75, 3.05) is 19.8 Å². The lowest BCUT2D eigenvalue weighted by atomic mass is 9.78. The van der Waals surface area contributed by atoms with Gasteiger partial charge in [-0.15, -0.1) is 0 Å². The van der Waals surface area contributed by atoms with Crippen LogP contribution < -0.4 is 9.47 Å². The van der Waals surface area contributed by atoms with Gasteiger partial charge in [-0.3, -0.25) is 0 Å². The van der Waals surface area contributed by atoms with Crippen LogP contribution in [0.3, 0.4) is 0 Å². The molecular weight excluding hydrogens is 320 g/mol. The Balaban J connectivity index is 2.30. The summed E-state index contributed by atoms with van der Waals surface area (Å²) in [7, 11) is 0. The number of rotatable bonds is 2. The Bertz CT molecular complexity index is 500. The van der Waals surface area contributed by atoms with Gasteiger partial charge in [0.1, 0.15) is 11.5 Å². The van der Waals surface area contributed by atoms with E-state index in [1.165, 1.54) is 11.1 Å². The summed E-state index contributed by atoms with van der Waals surface area (Å²) in [4.78, 5) is 0. The molecule has 0 bridgehead atoms. The molecule has 0 aliphatic carbocycles. The van der Waals surface area contributed by atoms with E-state index >= 15 is 0 Å². The van der Waals surface area contributed by atoms with E-state index < -0.39 is 0 Å². The topological polar surface area (TPSA) is 38.7 Å². The molecule has 110 valence electrons. The zero-order valence-electron chi connectivity index (χ0n) is 12.1. The van der Waals surface area contributed by atoms with Crippen LogP contribution in [-0.2, 0) is 18.3 Å². The molecule has 1 aromatic rings. The second kappa shape index (κ2) is 5.23. The molecule has 2 aliphatic rings. The van der Waals surface area contributed by atoms with Crippen molar-refractivity contribution in [3.8, 4) is 11.5 Å². The first-order valence-electron chi connectivity index (χ1n) is 7.30. The van der Waals surface area contributed by atoms with Gasteiger partial charge in [-0.05, 0) is 41.6 Å². The third-order valence-corrected chi connectivity index (χ3v) is 5.09. The van der Waals surface area contributed by atoms with Crippen molar-refractivity contribution in [3.05, 3.63) is 21.2 Å². The molecule has 0 saturated carbocycles. The predicted molar refractivity (Wildman–Crippen MR) is 81.9 cm³/mol. The highest BCUT2D eigenvalue weighted by molar-refractivity contribution is 9.10. The van der Waals surface area contributed by atoms with Crippen molar-refractivity contribution in [2.24, 2.45) is 0 Å². The smallest absolute Gasteiger partial charge is 0.137 e. The Morgan fingerprint density at radius 1 is 1.05 bits per heavy atom. The highest BCUT2D eigenvalue weighted by Gasteiger charge is 2.35. The van der Waals surface area contributed by atoms with Gasteiger partial charge in [0.15, 0.2) is 0 Å². The van der Waals surface area contributed by atoms with Crippen molar-refractivity contribution in [1.29, 1.82) is 0 Å². The molecule has 0 saturated heterocycles. The molecular formula is C16H21BrO3. The number of hydrogen-bond acceptors (Lipinski definition) is 3. The van der Waals surface area contributed by atoms with Gasteiger partial charge in [0.2, 0.25) is 0 Å². The molecule has 0 radical (unpaired) electrons. The SMILES string of the molecule is CC(C)(CO)c1c2c(c(Br)c3c1OCCC3)OCCC2. The lowest BCUT2D eigenvalue weighted by Gasteiger charge is -2.35. The largest absolute Gasteiger partial charge is 0.493 e. The fourth-order valence-electron chi connectivity index (χ4n) is 3.18. The maximum atomic E-state index is 9.81. The first-order valence-corrected chi connectivity index (χ1v) is 8.09. The maximum Gasteiger partial charge on any atom is 0.137 e. The number of aliphatic hydroxyl groups excluding tert-OH is 1. The molecule has 2 heterocycles. The first kappa shape index (κ1) is 14.2. The molecule has 0 fully saturated rings. The summed E-state index contributed by atoms with van der Waals surface area (Å²) in [6, 6.07) is 0. The second-order valence-electron chi connectivity index (χ2n) is 6.25. The highest BCUT2D eigenvalue weighted by atomic mass is 79.9. The van der Waals surface area contributed by atoms with Crippen LogP contribution in [0.1, 0.15) is 43.4 Å². The standard InChI is InChI=1S/C16H21BrO3/c1-16(2,9-18)12-10-5-3-8-20-15(10)13(17)11-6-4-7-19-14(11)12/h18H,3-9H2,1-2H3. The summed E-state index contributed by atoms with van der Waals surface area (Å²) in [6.07, 6.45) is 4.04. The molecule has 3 rings (SSSR count). The van der Waals surface area contributed by atoms with Gasteiger partial charge in [-0.25, -0.2) is 0 Å². The number of fused-ring (bicyclic) bond motifs is 2. The van der Waals surface area contributed by atoms with E-state index in [1.807, 2.05) is 0 Å². The quantitative estimate of drug-likeness (QED) is 0.896. The average Bonchev–Trinajstić information content (AvgIpc) is 2.47. The van der Waals surface area contributed by atoms with E-state index in [9.17, 15) is 5.11 Å². The second-order valence-corrected chi connectivity index (χ2v) is 7.04. The zero-order valence-corrected chi connectivity index (χ0v) is 13.7. The molecule has 0 atom stereocenters. The van der Waals surface area contributed by atoms with E-state index in [2.05, 4.69) is 29.8 Å². The number of halogens is 1. The van der Waals surface area contributed by atoms with E-state index in [0.29, 0.717) is 0 Å². The van der Waals surface area contributed by atoms with E-state index in [0.717, 1.165) is 60.4 Å². The Morgan fingerprint density at radius 2 is 1.65 bits per heavy atom. The minimum atomic E-state index is -0.313. The molecule has 20 heavy (non-hydrogen) atoms.